The van der Waals surface area contributed by atoms with E-state index < -0.39 is 23.7 Å². The number of fused-ring (bicyclic) bond motifs is 2. The van der Waals surface area contributed by atoms with E-state index >= 15 is 0 Å². The van der Waals surface area contributed by atoms with Gasteiger partial charge in [-0.1, -0.05) is 36.4 Å². The van der Waals surface area contributed by atoms with Crippen LogP contribution in [0.5, 0.6) is 0 Å². The third-order valence-corrected chi connectivity index (χ3v) is 6.24. The number of hydrogen-bond acceptors (Lipinski definition) is 5. The number of carbonyl (C=O) groups is 2. The topological polar surface area (TPSA) is 99.0 Å². The Morgan fingerprint density at radius 3 is 2.61 bits per heavy atom. The van der Waals surface area contributed by atoms with Gasteiger partial charge >= 0.3 is 0 Å². The summed E-state index contributed by atoms with van der Waals surface area (Å²) in [5, 5.41) is 15.9. The zero-order valence-corrected chi connectivity index (χ0v) is 19.5. The molecule has 3 N–H and O–H groups in total. The number of benzene rings is 2. The second-order valence-electron chi connectivity index (χ2n) is 8.86. The van der Waals surface area contributed by atoms with Crippen LogP contribution in [0.15, 0.2) is 73.1 Å². The molecule has 0 bridgehead atoms. The molecule has 36 heavy (non-hydrogen) atoms. The van der Waals surface area contributed by atoms with Crippen LogP contribution in [0.3, 0.4) is 0 Å². The third-order valence-electron chi connectivity index (χ3n) is 6.24. The van der Waals surface area contributed by atoms with Crippen molar-refractivity contribution in [1.29, 1.82) is 0 Å². The molecule has 2 aromatic carbocycles. The quantitative estimate of drug-likeness (QED) is 0.372. The zero-order chi connectivity index (χ0) is 25.1. The van der Waals surface area contributed by atoms with Crippen molar-refractivity contribution in [2.75, 3.05) is 25.0 Å². The smallest absolute Gasteiger partial charge is 0.271 e. The van der Waals surface area contributed by atoms with E-state index in [0.29, 0.717) is 17.9 Å². The Morgan fingerprint density at radius 1 is 1.00 bits per heavy atom. The van der Waals surface area contributed by atoms with Gasteiger partial charge in [0.25, 0.3) is 11.8 Å². The maximum Gasteiger partial charge on any atom is 0.271 e. The van der Waals surface area contributed by atoms with Crippen molar-refractivity contribution < 1.29 is 19.1 Å². The Bertz CT molecular complexity index is 1420. The van der Waals surface area contributed by atoms with Gasteiger partial charge in [0.15, 0.2) is 0 Å². The number of aliphatic hydroxyl groups is 1. The summed E-state index contributed by atoms with van der Waals surface area (Å²) in [7, 11) is 0. The van der Waals surface area contributed by atoms with Gasteiger partial charge in [-0.2, -0.15) is 0 Å². The minimum absolute atomic E-state index is 0.0596. The molecule has 184 valence electrons. The summed E-state index contributed by atoms with van der Waals surface area (Å²) in [4.78, 5) is 31.5. The van der Waals surface area contributed by atoms with Gasteiger partial charge in [0.1, 0.15) is 17.2 Å². The highest BCUT2D eigenvalue weighted by Gasteiger charge is 2.20. The second kappa shape index (κ2) is 10.3. The number of nitrogens with zero attached hydrogens (tertiary/aromatic N) is 3. The second-order valence-corrected chi connectivity index (χ2v) is 8.86. The fraction of sp³-hybridized carbons (Fsp3) is 0.222. The Labute approximate surface area is 207 Å². The van der Waals surface area contributed by atoms with E-state index in [1.165, 1.54) is 35.5 Å². The molecular weight excluding hydrogens is 461 g/mol. The number of rotatable bonds is 7. The maximum absolute atomic E-state index is 13.9. The van der Waals surface area contributed by atoms with Gasteiger partial charge in [-0.25, -0.2) is 9.37 Å². The number of nitrogens with one attached hydrogen (secondary N) is 2. The van der Waals surface area contributed by atoms with E-state index in [2.05, 4.69) is 32.7 Å². The van der Waals surface area contributed by atoms with Gasteiger partial charge in [0.2, 0.25) is 0 Å². The summed E-state index contributed by atoms with van der Waals surface area (Å²) in [5.74, 6) is -1.58. The van der Waals surface area contributed by atoms with E-state index in [1.54, 1.807) is 28.8 Å². The van der Waals surface area contributed by atoms with Crippen LogP contribution < -0.4 is 10.6 Å². The minimum atomic E-state index is -0.712. The lowest BCUT2D eigenvalue weighted by Gasteiger charge is -2.30. The number of β-amino-alcohol motifs (C(OH)–C–C–N with tert-alkyl or cyclic N) is 1. The molecule has 5 rings (SSSR count). The number of imidazole rings is 1. The average Bonchev–Trinajstić information content (AvgIpc) is 3.31. The van der Waals surface area contributed by atoms with Gasteiger partial charge in [-0.15, -0.1) is 0 Å². The Morgan fingerprint density at radius 2 is 1.78 bits per heavy atom. The summed E-state index contributed by atoms with van der Waals surface area (Å²) >= 11 is 0. The lowest BCUT2D eigenvalue weighted by molar-refractivity contribution is 0.0838. The number of aromatic nitrogens is 2. The fourth-order valence-corrected chi connectivity index (χ4v) is 4.39. The Kier molecular flexibility index (Phi) is 6.75. The monoisotopic (exact) mass is 487 g/mol. The standard InChI is InChI=1S/C27H26FN5O3/c28-23-8-4-3-7-22(23)26(35)30-20-9-10-25-31-24(17-33(25)15-20)27(36)29-13-21(34)16-32-12-11-18-5-1-2-6-19(18)14-32/h1-10,15,17,21,34H,11-14,16H2,(H,29,36)(H,30,35)/t21-/m0/s1. The van der Waals surface area contributed by atoms with Crippen LogP contribution in [0.25, 0.3) is 5.65 Å². The van der Waals surface area contributed by atoms with E-state index in [-0.39, 0.29) is 17.8 Å². The van der Waals surface area contributed by atoms with Crippen molar-refractivity contribution in [3.63, 3.8) is 0 Å². The SMILES string of the molecule is O=C(NC[C@H](O)CN1CCc2ccccc2C1)c1cn2cc(NC(=O)c3ccccc3F)ccc2n1. The molecule has 1 aliphatic rings. The highest BCUT2D eigenvalue weighted by molar-refractivity contribution is 6.04. The molecule has 4 aromatic rings. The predicted octanol–water partition coefficient (Wildman–Crippen LogP) is 2.87. The summed E-state index contributed by atoms with van der Waals surface area (Å²) in [6, 6.07) is 17.3. The van der Waals surface area contributed by atoms with Crippen molar-refractivity contribution in [1.82, 2.24) is 19.6 Å². The Hall–Kier alpha value is -4.08. The Balaban J connectivity index is 1.17. The van der Waals surface area contributed by atoms with Crippen LogP contribution in [0.1, 0.15) is 32.0 Å². The summed E-state index contributed by atoms with van der Waals surface area (Å²) in [6.07, 6.45) is 3.37. The summed E-state index contributed by atoms with van der Waals surface area (Å²) in [6.45, 7) is 2.22. The van der Waals surface area contributed by atoms with Crippen LogP contribution >= 0.6 is 0 Å². The molecule has 2 aromatic heterocycles. The zero-order valence-electron chi connectivity index (χ0n) is 19.5. The molecule has 2 amide bonds. The lowest BCUT2D eigenvalue weighted by atomic mass is 10.00. The number of amides is 2. The first-order valence-corrected chi connectivity index (χ1v) is 11.8. The molecule has 0 saturated heterocycles. The summed E-state index contributed by atoms with van der Waals surface area (Å²) < 4.78 is 15.5. The lowest BCUT2D eigenvalue weighted by Crippen LogP contribution is -2.42. The fourth-order valence-electron chi connectivity index (χ4n) is 4.39. The highest BCUT2D eigenvalue weighted by Crippen LogP contribution is 2.18. The molecule has 0 aliphatic carbocycles. The molecule has 1 aliphatic heterocycles. The number of carbonyl (C=O) groups excluding carboxylic acids is 2. The molecule has 1 atom stereocenters. The number of halogens is 1. The molecule has 3 heterocycles. The molecule has 0 radical (unpaired) electrons. The molecular formula is C27H26FN5O3. The van der Waals surface area contributed by atoms with Crippen LogP contribution in [0.2, 0.25) is 0 Å². The first-order chi connectivity index (χ1) is 17.5. The van der Waals surface area contributed by atoms with Gasteiger partial charge in [-0.05, 0) is 41.8 Å². The third kappa shape index (κ3) is 5.27. The summed E-state index contributed by atoms with van der Waals surface area (Å²) in [5.41, 5.74) is 3.69. The maximum atomic E-state index is 13.9. The highest BCUT2D eigenvalue weighted by atomic mass is 19.1. The van der Waals surface area contributed by atoms with Crippen LogP contribution in [0.4, 0.5) is 10.1 Å². The van der Waals surface area contributed by atoms with Crippen molar-refractivity contribution in [2.45, 2.75) is 19.1 Å². The van der Waals surface area contributed by atoms with E-state index in [0.717, 1.165) is 19.5 Å². The van der Waals surface area contributed by atoms with Crippen LogP contribution in [-0.4, -0.2) is 56.9 Å². The van der Waals surface area contributed by atoms with Crippen LogP contribution in [0, 0.1) is 5.82 Å². The first kappa shape index (κ1) is 23.7. The molecule has 8 nitrogen and oxygen atoms in total. The van der Waals surface area contributed by atoms with Crippen LogP contribution in [-0.2, 0) is 13.0 Å². The van der Waals surface area contributed by atoms with Gasteiger partial charge in [0.05, 0.1) is 17.4 Å². The number of aliphatic hydroxyl groups excluding tert-OH is 1. The molecule has 0 unspecified atom stereocenters. The van der Waals surface area contributed by atoms with Gasteiger partial charge in [-0.3, -0.25) is 14.5 Å². The number of anilines is 1. The minimum Gasteiger partial charge on any atom is -0.390 e. The van der Waals surface area contributed by atoms with Gasteiger partial charge in [0, 0.05) is 38.6 Å². The first-order valence-electron chi connectivity index (χ1n) is 11.8. The number of hydrogen-bond donors (Lipinski definition) is 3. The normalized spacial score (nSPS) is 14.3. The van der Waals surface area contributed by atoms with Crippen molar-refractivity contribution in [3.8, 4) is 0 Å². The number of pyridine rings is 1. The molecule has 0 fully saturated rings. The van der Waals surface area contributed by atoms with Crippen molar-refractivity contribution in [2.24, 2.45) is 0 Å². The van der Waals surface area contributed by atoms with E-state index in [4.69, 9.17) is 0 Å². The largest absolute Gasteiger partial charge is 0.390 e. The molecule has 0 spiro atoms. The van der Waals surface area contributed by atoms with Crippen molar-refractivity contribution in [3.05, 3.63) is 101 Å². The predicted molar refractivity (Wildman–Crippen MR) is 133 cm³/mol. The van der Waals surface area contributed by atoms with E-state index in [9.17, 15) is 19.1 Å². The van der Waals surface area contributed by atoms with Crippen molar-refractivity contribution >= 4 is 23.1 Å². The van der Waals surface area contributed by atoms with Gasteiger partial charge < -0.3 is 20.1 Å². The molecule has 0 saturated carbocycles. The van der Waals surface area contributed by atoms with E-state index in [1.807, 2.05) is 12.1 Å². The molecule has 9 heteroatoms. The average molecular weight is 488 g/mol.